The van der Waals surface area contributed by atoms with Crippen molar-refractivity contribution < 1.29 is 28.5 Å². The van der Waals surface area contributed by atoms with Gasteiger partial charge >= 0.3 is 0 Å². The van der Waals surface area contributed by atoms with Crippen molar-refractivity contribution in [1.82, 2.24) is 0 Å². The van der Waals surface area contributed by atoms with E-state index in [1.54, 1.807) is 0 Å². The van der Waals surface area contributed by atoms with Crippen molar-refractivity contribution in [3.63, 3.8) is 0 Å². The van der Waals surface area contributed by atoms with E-state index >= 15 is 0 Å². The molecule has 0 unspecified atom stereocenters. The van der Waals surface area contributed by atoms with Crippen LogP contribution in [0.2, 0.25) is 0 Å². The van der Waals surface area contributed by atoms with Crippen LogP contribution >= 0.6 is 0 Å². The molecule has 0 amide bonds. The lowest BCUT2D eigenvalue weighted by molar-refractivity contribution is 0.0888. The Balaban J connectivity index is 2.00. The summed E-state index contributed by atoms with van der Waals surface area (Å²) in [6.45, 7) is 4.03. The third kappa shape index (κ3) is 5.01. The van der Waals surface area contributed by atoms with Gasteiger partial charge in [-0.2, -0.15) is 0 Å². The van der Waals surface area contributed by atoms with Crippen LogP contribution in [0.4, 0.5) is 8.78 Å². The number of hydrogen-bond acceptors (Lipinski definition) is 4. The average molecular weight is 443 g/mol. The number of hydrogen-bond donors (Lipinski definition) is 2. The van der Waals surface area contributed by atoms with Gasteiger partial charge < -0.3 is 14.9 Å². The van der Waals surface area contributed by atoms with Crippen LogP contribution in [-0.2, 0) is 0 Å². The van der Waals surface area contributed by atoms with Gasteiger partial charge in [0.15, 0.2) is 17.4 Å². The van der Waals surface area contributed by atoms with Crippen LogP contribution in [-0.4, -0.2) is 23.1 Å². The van der Waals surface area contributed by atoms with Crippen LogP contribution in [0, 0.1) is 17.6 Å². The summed E-state index contributed by atoms with van der Waals surface area (Å²) >= 11 is 0. The van der Waals surface area contributed by atoms with Crippen molar-refractivity contribution in [3.8, 4) is 17.2 Å². The number of halogens is 2. The molecular weight excluding hydrogens is 414 g/mol. The van der Waals surface area contributed by atoms with Gasteiger partial charge in [0, 0.05) is 24.0 Å². The molecule has 2 N–H and O–H groups in total. The van der Waals surface area contributed by atoms with Crippen LogP contribution < -0.4 is 4.74 Å². The lowest BCUT2D eigenvalue weighted by atomic mass is 9.71. The standard InChI is InChI=1S/C26H28F2O4/c1-15(2)6-4-7-16-10-11-19(20(12-16)18-8-5-9-21(27)25(18)28)26(31)24-22(29)13-17(32-3)14-23(24)30/h5-6,8-10,13-14,19-20,29-30H,4,7,11-12H2,1-3H3/t19-,20+/m0/s1. The molecule has 0 fully saturated rings. The van der Waals surface area contributed by atoms with Gasteiger partial charge in [-0.25, -0.2) is 8.78 Å². The maximum atomic E-state index is 14.7. The van der Waals surface area contributed by atoms with Crippen LogP contribution in [0.25, 0.3) is 0 Å². The number of aromatic hydroxyl groups is 2. The molecule has 0 saturated carbocycles. The monoisotopic (exact) mass is 442 g/mol. The zero-order valence-corrected chi connectivity index (χ0v) is 18.5. The van der Waals surface area contributed by atoms with Gasteiger partial charge in [-0.3, -0.25) is 4.79 Å². The van der Waals surface area contributed by atoms with E-state index in [1.165, 1.54) is 36.9 Å². The van der Waals surface area contributed by atoms with Crippen molar-refractivity contribution >= 4 is 5.78 Å². The lowest BCUT2D eigenvalue weighted by Gasteiger charge is -2.31. The molecule has 0 aliphatic heterocycles. The van der Waals surface area contributed by atoms with E-state index in [1.807, 2.05) is 19.9 Å². The van der Waals surface area contributed by atoms with Crippen molar-refractivity contribution in [2.45, 2.75) is 45.4 Å². The molecule has 0 saturated heterocycles. The Kier molecular flexibility index (Phi) is 7.33. The fourth-order valence-corrected chi connectivity index (χ4v) is 4.28. The molecule has 0 heterocycles. The second-order valence-electron chi connectivity index (χ2n) is 8.38. The number of phenolic OH excluding ortho intramolecular Hbond substituents is 2. The Morgan fingerprint density at radius 1 is 1.19 bits per heavy atom. The molecule has 2 atom stereocenters. The summed E-state index contributed by atoms with van der Waals surface area (Å²) in [6.07, 6.45) is 6.36. The topological polar surface area (TPSA) is 66.8 Å². The molecule has 32 heavy (non-hydrogen) atoms. The summed E-state index contributed by atoms with van der Waals surface area (Å²) < 4.78 is 33.8. The van der Waals surface area contributed by atoms with Crippen molar-refractivity contribution in [2.24, 2.45) is 5.92 Å². The minimum absolute atomic E-state index is 0.128. The van der Waals surface area contributed by atoms with Gasteiger partial charge in [0.05, 0.1) is 7.11 Å². The van der Waals surface area contributed by atoms with E-state index in [4.69, 9.17) is 4.74 Å². The fraction of sp³-hybridized carbons (Fsp3) is 0.346. The smallest absolute Gasteiger partial charge is 0.174 e. The van der Waals surface area contributed by atoms with Gasteiger partial charge in [0.1, 0.15) is 22.8 Å². The highest BCUT2D eigenvalue weighted by Gasteiger charge is 2.37. The Bertz CT molecular complexity index is 1040. The summed E-state index contributed by atoms with van der Waals surface area (Å²) in [5.41, 5.74) is 2.17. The lowest BCUT2D eigenvalue weighted by Crippen LogP contribution is -2.26. The number of ketones is 1. The quantitative estimate of drug-likeness (QED) is 0.383. The predicted octanol–water partition coefficient (Wildman–Crippen LogP) is 6.43. The molecule has 2 aromatic rings. The number of methoxy groups -OCH3 is 1. The fourth-order valence-electron chi connectivity index (χ4n) is 4.28. The van der Waals surface area contributed by atoms with Gasteiger partial charge in [-0.05, 0) is 51.2 Å². The molecular formula is C26H28F2O4. The molecule has 0 radical (unpaired) electrons. The summed E-state index contributed by atoms with van der Waals surface area (Å²) in [4.78, 5) is 13.4. The van der Waals surface area contributed by atoms with E-state index in [0.717, 1.165) is 24.5 Å². The molecule has 4 nitrogen and oxygen atoms in total. The zero-order chi connectivity index (χ0) is 23.4. The molecule has 170 valence electrons. The molecule has 2 aromatic carbocycles. The number of phenols is 2. The molecule has 0 spiro atoms. The Hall–Kier alpha value is -3.15. The third-order valence-corrected chi connectivity index (χ3v) is 5.92. The van der Waals surface area contributed by atoms with E-state index in [2.05, 4.69) is 6.08 Å². The molecule has 1 aliphatic rings. The van der Waals surface area contributed by atoms with Crippen LogP contribution in [0.1, 0.15) is 61.4 Å². The Labute approximate surface area is 186 Å². The first kappa shape index (κ1) is 23.5. The van der Waals surface area contributed by atoms with Gasteiger partial charge in [0.2, 0.25) is 0 Å². The highest BCUT2D eigenvalue weighted by molar-refractivity contribution is 6.03. The average Bonchev–Trinajstić information content (AvgIpc) is 2.74. The second-order valence-corrected chi connectivity index (χ2v) is 8.38. The van der Waals surface area contributed by atoms with E-state index in [0.29, 0.717) is 12.8 Å². The van der Waals surface area contributed by atoms with Crippen molar-refractivity contribution in [2.75, 3.05) is 7.11 Å². The number of rotatable bonds is 7. The number of Topliss-reactive ketones (excluding diaryl/α,β-unsaturated/α-hetero) is 1. The summed E-state index contributed by atoms with van der Waals surface area (Å²) in [5.74, 6) is -4.46. The maximum Gasteiger partial charge on any atom is 0.174 e. The largest absolute Gasteiger partial charge is 0.507 e. The third-order valence-electron chi connectivity index (χ3n) is 5.92. The highest BCUT2D eigenvalue weighted by Crippen LogP contribution is 2.44. The van der Waals surface area contributed by atoms with E-state index in [9.17, 15) is 23.8 Å². The SMILES string of the molecule is COc1cc(O)c(C(=O)[C@H]2CC=C(CCC=C(C)C)C[C@@H]2c2cccc(F)c2F)c(O)c1. The van der Waals surface area contributed by atoms with Crippen LogP contribution in [0.3, 0.4) is 0 Å². The molecule has 3 rings (SSSR count). The van der Waals surface area contributed by atoms with Crippen LogP contribution in [0.15, 0.2) is 53.6 Å². The number of allylic oxidation sites excluding steroid dienone is 4. The van der Waals surface area contributed by atoms with Gasteiger partial charge in [-0.1, -0.05) is 35.4 Å². The number of carbonyl (C=O) groups excluding carboxylic acids is 1. The predicted molar refractivity (Wildman–Crippen MR) is 119 cm³/mol. The normalized spacial score (nSPS) is 18.1. The van der Waals surface area contributed by atoms with Crippen LogP contribution in [0.5, 0.6) is 17.2 Å². The van der Waals surface area contributed by atoms with Crippen molar-refractivity contribution in [1.29, 1.82) is 0 Å². The van der Waals surface area contributed by atoms with Crippen molar-refractivity contribution in [3.05, 3.63) is 76.4 Å². The van der Waals surface area contributed by atoms with Gasteiger partial charge in [-0.15, -0.1) is 0 Å². The number of carbonyl (C=O) groups is 1. The number of benzene rings is 2. The second kappa shape index (κ2) is 9.98. The number of ether oxygens (including phenoxy) is 1. The van der Waals surface area contributed by atoms with E-state index < -0.39 is 40.8 Å². The van der Waals surface area contributed by atoms with Gasteiger partial charge in [0.25, 0.3) is 0 Å². The molecule has 0 bridgehead atoms. The Morgan fingerprint density at radius 2 is 1.88 bits per heavy atom. The molecule has 0 aromatic heterocycles. The van der Waals surface area contributed by atoms with E-state index in [-0.39, 0.29) is 16.9 Å². The summed E-state index contributed by atoms with van der Waals surface area (Å²) in [6, 6.07) is 6.46. The zero-order valence-electron chi connectivity index (χ0n) is 18.5. The minimum atomic E-state index is -0.968. The summed E-state index contributed by atoms with van der Waals surface area (Å²) in [5, 5.41) is 20.7. The Morgan fingerprint density at radius 3 is 2.50 bits per heavy atom. The first-order valence-electron chi connectivity index (χ1n) is 10.6. The molecule has 1 aliphatic carbocycles. The first-order valence-corrected chi connectivity index (χ1v) is 10.6. The summed E-state index contributed by atoms with van der Waals surface area (Å²) in [7, 11) is 1.38. The molecule has 6 heteroatoms. The highest BCUT2D eigenvalue weighted by atomic mass is 19.2. The minimum Gasteiger partial charge on any atom is -0.507 e. The first-order chi connectivity index (χ1) is 15.2. The maximum absolute atomic E-state index is 14.7.